The summed E-state index contributed by atoms with van der Waals surface area (Å²) in [6.45, 7) is 5.40. The minimum absolute atomic E-state index is 0.000705. The average Bonchev–Trinajstić information content (AvgIpc) is 3.12. The largest absolute Gasteiger partial charge is 0.338 e. The summed E-state index contributed by atoms with van der Waals surface area (Å²) in [7, 11) is 0. The Kier molecular flexibility index (Phi) is 4.83. The van der Waals surface area contributed by atoms with E-state index in [1.807, 2.05) is 36.9 Å². The van der Waals surface area contributed by atoms with Gasteiger partial charge in [0.15, 0.2) is 0 Å². The molecule has 3 aromatic rings. The van der Waals surface area contributed by atoms with Gasteiger partial charge in [-0.15, -0.1) is 11.3 Å². The minimum Gasteiger partial charge on any atom is -0.338 e. The average molecular weight is 382 g/mol. The highest BCUT2D eigenvalue weighted by Crippen LogP contribution is 2.33. The summed E-state index contributed by atoms with van der Waals surface area (Å²) >= 11 is 1.73. The Labute approximate surface area is 162 Å². The number of aromatic amines is 1. The van der Waals surface area contributed by atoms with Crippen LogP contribution in [0.3, 0.4) is 0 Å². The second-order valence-corrected chi connectivity index (χ2v) is 8.48. The van der Waals surface area contributed by atoms with Gasteiger partial charge in [-0.25, -0.2) is 4.98 Å². The monoisotopic (exact) mass is 381 g/mol. The van der Waals surface area contributed by atoms with Gasteiger partial charge < -0.3 is 9.88 Å². The molecule has 1 aliphatic rings. The topological polar surface area (TPSA) is 66.1 Å². The van der Waals surface area contributed by atoms with Crippen LogP contribution in [0.5, 0.6) is 0 Å². The van der Waals surface area contributed by atoms with Gasteiger partial charge in [0.2, 0.25) is 5.56 Å². The number of nitrogens with one attached hydrogen (secondary N) is 1. The van der Waals surface area contributed by atoms with Crippen molar-refractivity contribution in [3.8, 4) is 0 Å². The number of amides is 1. The molecule has 1 saturated heterocycles. The van der Waals surface area contributed by atoms with Crippen LogP contribution in [0.2, 0.25) is 0 Å². The SMILES string of the molecule is CC(C)c1[nH]c(=O)ccc1C(=O)N1CCCC(c2nc3ccccc3s2)C1. The van der Waals surface area contributed by atoms with Crippen molar-refractivity contribution in [3.05, 3.63) is 63.0 Å². The van der Waals surface area contributed by atoms with Crippen molar-refractivity contribution in [1.29, 1.82) is 0 Å². The first-order valence-corrected chi connectivity index (χ1v) is 10.2. The molecule has 1 atom stereocenters. The molecule has 2 aromatic heterocycles. The summed E-state index contributed by atoms with van der Waals surface area (Å²) in [6.07, 6.45) is 2.01. The van der Waals surface area contributed by atoms with Crippen molar-refractivity contribution in [2.45, 2.75) is 38.5 Å². The number of benzene rings is 1. The number of H-pyrrole nitrogens is 1. The third-order valence-electron chi connectivity index (χ3n) is 5.13. The Bertz CT molecular complexity index is 1000. The molecule has 5 nitrogen and oxygen atoms in total. The van der Waals surface area contributed by atoms with E-state index in [1.165, 1.54) is 10.8 Å². The van der Waals surface area contributed by atoms with Gasteiger partial charge in [0.1, 0.15) is 0 Å². The normalized spacial score (nSPS) is 17.6. The van der Waals surface area contributed by atoms with Gasteiger partial charge in [0.25, 0.3) is 5.91 Å². The van der Waals surface area contributed by atoms with Crippen LogP contribution >= 0.6 is 11.3 Å². The maximum Gasteiger partial charge on any atom is 0.255 e. The predicted octanol–water partition coefficient (Wildman–Crippen LogP) is 4.13. The first-order chi connectivity index (χ1) is 13.0. The lowest BCUT2D eigenvalue weighted by Gasteiger charge is -2.32. The first kappa shape index (κ1) is 17.9. The summed E-state index contributed by atoms with van der Waals surface area (Å²) in [4.78, 5) is 34.4. The quantitative estimate of drug-likeness (QED) is 0.742. The van der Waals surface area contributed by atoms with Gasteiger partial charge in [-0.3, -0.25) is 9.59 Å². The number of hydrogen-bond donors (Lipinski definition) is 1. The lowest BCUT2D eigenvalue weighted by molar-refractivity contribution is 0.0705. The van der Waals surface area contributed by atoms with E-state index in [0.717, 1.165) is 35.6 Å². The van der Waals surface area contributed by atoms with E-state index >= 15 is 0 Å². The number of carbonyl (C=O) groups excluding carboxylic acids is 1. The number of pyridine rings is 1. The van der Waals surface area contributed by atoms with Crippen molar-refractivity contribution in [2.24, 2.45) is 0 Å². The molecule has 0 bridgehead atoms. The third kappa shape index (κ3) is 3.54. The molecule has 1 unspecified atom stereocenters. The summed E-state index contributed by atoms with van der Waals surface area (Å²) in [6, 6.07) is 11.3. The van der Waals surface area contributed by atoms with Crippen LogP contribution in [-0.2, 0) is 0 Å². The molecule has 4 rings (SSSR count). The number of carbonyl (C=O) groups is 1. The van der Waals surface area contributed by atoms with E-state index in [0.29, 0.717) is 12.1 Å². The van der Waals surface area contributed by atoms with Crippen LogP contribution in [0.25, 0.3) is 10.2 Å². The zero-order chi connectivity index (χ0) is 19.0. The van der Waals surface area contributed by atoms with Crippen LogP contribution in [0.4, 0.5) is 0 Å². The van der Waals surface area contributed by atoms with Crippen LogP contribution < -0.4 is 5.56 Å². The molecule has 0 aliphatic carbocycles. The second-order valence-electron chi connectivity index (χ2n) is 7.41. The van der Waals surface area contributed by atoms with Gasteiger partial charge in [-0.1, -0.05) is 26.0 Å². The fourth-order valence-corrected chi connectivity index (χ4v) is 4.82. The summed E-state index contributed by atoms with van der Waals surface area (Å²) in [5.41, 5.74) is 2.19. The minimum atomic E-state index is -0.166. The van der Waals surface area contributed by atoms with Gasteiger partial charge in [0.05, 0.1) is 20.8 Å². The Morgan fingerprint density at radius 2 is 2.07 bits per heavy atom. The summed E-state index contributed by atoms with van der Waals surface area (Å²) in [5.74, 6) is 0.355. The van der Waals surface area contributed by atoms with E-state index in [2.05, 4.69) is 11.1 Å². The molecule has 3 heterocycles. The molecule has 0 radical (unpaired) electrons. The molecule has 0 spiro atoms. The molecule has 1 fully saturated rings. The molecule has 1 aliphatic heterocycles. The van der Waals surface area contributed by atoms with Crippen molar-refractivity contribution >= 4 is 27.5 Å². The fraction of sp³-hybridized carbons (Fsp3) is 0.381. The molecule has 6 heteroatoms. The zero-order valence-corrected chi connectivity index (χ0v) is 16.4. The second kappa shape index (κ2) is 7.27. The Balaban J connectivity index is 1.59. The predicted molar refractivity (Wildman–Crippen MR) is 109 cm³/mol. The summed E-state index contributed by atoms with van der Waals surface area (Å²) < 4.78 is 1.19. The van der Waals surface area contributed by atoms with Crippen LogP contribution in [0.15, 0.2) is 41.2 Å². The number of fused-ring (bicyclic) bond motifs is 1. The molecular formula is C21H23N3O2S. The smallest absolute Gasteiger partial charge is 0.255 e. The van der Waals surface area contributed by atoms with Gasteiger partial charge in [-0.05, 0) is 37.0 Å². The molecule has 0 saturated carbocycles. The Morgan fingerprint density at radius 3 is 2.85 bits per heavy atom. The van der Waals surface area contributed by atoms with Crippen LogP contribution in [0.1, 0.15) is 59.6 Å². The molecular weight excluding hydrogens is 358 g/mol. The Morgan fingerprint density at radius 1 is 1.26 bits per heavy atom. The van der Waals surface area contributed by atoms with Gasteiger partial charge in [-0.2, -0.15) is 0 Å². The Hall–Kier alpha value is -2.47. The standard InChI is InChI=1S/C21H23N3O2S/c1-13(2)19-15(9-10-18(25)23-19)21(26)24-11-5-6-14(12-24)20-22-16-7-3-4-8-17(16)27-20/h3-4,7-10,13-14H,5-6,11-12H2,1-2H3,(H,23,25). The maximum absolute atomic E-state index is 13.2. The number of para-hydroxylation sites is 1. The number of likely N-dealkylation sites (tertiary alicyclic amines) is 1. The van der Waals surface area contributed by atoms with Crippen LogP contribution in [-0.4, -0.2) is 33.9 Å². The van der Waals surface area contributed by atoms with E-state index < -0.39 is 0 Å². The van der Waals surface area contributed by atoms with Crippen molar-refractivity contribution in [3.63, 3.8) is 0 Å². The summed E-state index contributed by atoms with van der Waals surface area (Å²) in [5, 5.41) is 1.11. The maximum atomic E-state index is 13.2. The molecule has 1 N–H and O–H groups in total. The van der Waals surface area contributed by atoms with E-state index in [-0.39, 0.29) is 23.3 Å². The fourth-order valence-electron chi connectivity index (χ4n) is 3.73. The van der Waals surface area contributed by atoms with Crippen LogP contribution in [0, 0.1) is 0 Å². The highest BCUT2D eigenvalue weighted by Gasteiger charge is 2.29. The van der Waals surface area contributed by atoms with Crippen molar-refractivity contribution in [1.82, 2.24) is 14.9 Å². The molecule has 140 valence electrons. The van der Waals surface area contributed by atoms with Crippen molar-refractivity contribution < 1.29 is 4.79 Å². The zero-order valence-electron chi connectivity index (χ0n) is 15.6. The highest BCUT2D eigenvalue weighted by molar-refractivity contribution is 7.18. The molecule has 1 aromatic carbocycles. The lowest BCUT2D eigenvalue weighted by Crippen LogP contribution is -2.39. The number of rotatable bonds is 3. The van der Waals surface area contributed by atoms with E-state index in [4.69, 9.17) is 4.98 Å². The number of thiazole rings is 1. The van der Waals surface area contributed by atoms with Crippen molar-refractivity contribution in [2.75, 3.05) is 13.1 Å². The van der Waals surface area contributed by atoms with Gasteiger partial charge >= 0.3 is 0 Å². The number of hydrogen-bond acceptors (Lipinski definition) is 4. The number of aromatic nitrogens is 2. The third-order valence-corrected chi connectivity index (χ3v) is 6.32. The highest BCUT2D eigenvalue weighted by atomic mass is 32.1. The van der Waals surface area contributed by atoms with Gasteiger partial charge in [0, 0.05) is 30.8 Å². The van der Waals surface area contributed by atoms with E-state index in [1.54, 1.807) is 17.4 Å². The van der Waals surface area contributed by atoms with E-state index in [9.17, 15) is 9.59 Å². The lowest BCUT2D eigenvalue weighted by atomic mass is 9.96. The first-order valence-electron chi connectivity index (χ1n) is 9.41. The molecule has 1 amide bonds. The number of piperidine rings is 1. The molecule has 27 heavy (non-hydrogen) atoms. The number of nitrogens with zero attached hydrogens (tertiary/aromatic N) is 2.